The maximum absolute atomic E-state index is 13.6. The Kier molecular flexibility index (Phi) is 3.86. The minimum Gasteiger partial charge on any atom is -0.378 e. The Balaban J connectivity index is 2.11. The van der Waals surface area contributed by atoms with E-state index in [1.807, 2.05) is 0 Å². The van der Waals surface area contributed by atoms with Crippen molar-refractivity contribution in [1.82, 2.24) is 4.98 Å². The van der Waals surface area contributed by atoms with Crippen LogP contribution in [0.3, 0.4) is 0 Å². The van der Waals surface area contributed by atoms with Crippen LogP contribution < -0.4 is 5.32 Å². The van der Waals surface area contributed by atoms with Crippen LogP contribution in [0.15, 0.2) is 18.3 Å². The predicted octanol–water partition coefficient (Wildman–Crippen LogP) is 4.51. The molecule has 0 saturated carbocycles. The highest BCUT2D eigenvalue weighted by molar-refractivity contribution is 7.15. The molecule has 90 valence electrons. The minimum atomic E-state index is -0.317. The van der Waals surface area contributed by atoms with Gasteiger partial charge in [-0.2, -0.15) is 0 Å². The number of nitrogens with one attached hydrogen (secondary N) is 1. The second kappa shape index (κ2) is 5.21. The van der Waals surface area contributed by atoms with Gasteiger partial charge in [-0.3, -0.25) is 0 Å². The third-order valence-electron chi connectivity index (χ3n) is 2.23. The number of rotatable bonds is 3. The van der Waals surface area contributed by atoms with Crippen LogP contribution in [-0.4, -0.2) is 4.98 Å². The number of nitrogens with zero attached hydrogens (tertiary/aromatic N) is 1. The summed E-state index contributed by atoms with van der Waals surface area (Å²) < 4.78 is 14.1. The number of benzene rings is 1. The third-order valence-corrected chi connectivity index (χ3v) is 3.75. The number of thiazole rings is 1. The van der Waals surface area contributed by atoms with E-state index in [4.69, 9.17) is 23.2 Å². The van der Waals surface area contributed by atoms with Gasteiger partial charge in [0.1, 0.15) is 5.82 Å². The Labute approximate surface area is 112 Å². The first kappa shape index (κ1) is 12.6. The second-order valence-electron chi connectivity index (χ2n) is 3.51. The van der Waals surface area contributed by atoms with E-state index >= 15 is 0 Å². The van der Waals surface area contributed by atoms with Gasteiger partial charge in [-0.15, -0.1) is 11.3 Å². The van der Waals surface area contributed by atoms with Crippen LogP contribution in [0.25, 0.3) is 0 Å². The van der Waals surface area contributed by atoms with Crippen LogP contribution in [0.4, 0.5) is 10.1 Å². The molecule has 0 bridgehead atoms. The van der Waals surface area contributed by atoms with E-state index in [9.17, 15) is 4.39 Å². The smallest absolute Gasteiger partial charge is 0.183 e. The zero-order valence-electron chi connectivity index (χ0n) is 8.93. The SMILES string of the molecule is Cc1cc(F)c(NCc2cnc(Cl)s2)cc1Cl. The van der Waals surface area contributed by atoms with Crippen LogP contribution in [0.5, 0.6) is 0 Å². The lowest BCUT2D eigenvalue weighted by molar-refractivity contribution is 0.629. The van der Waals surface area contributed by atoms with Crippen molar-refractivity contribution in [2.45, 2.75) is 13.5 Å². The molecule has 0 aliphatic carbocycles. The zero-order valence-corrected chi connectivity index (χ0v) is 11.3. The lowest BCUT2D eigenvalue weighted by Crippen LogP contribution is -2.00. The summed E-state index contributed by atoms with van der Waals surface area (Å²) in [5, 5.41) is 3.50. The van der Waals surface area contributed by atoms with E-state index in [0.29, 0.717) is 21.7 Å². The molecule has 0 radical (unpaired) electrons. The van der Waals surface area contributed by atoms with Gasteiger partial charge in [0.15, 0.2) is 4.47 Å². The molecule has 6 heteroatoms. The minimum absolute atomic E-state index is 0.317. The molecule has 1 N–H and O–H groups in total. The van der Waals surface area contributed by atoms with Gasteiger partial charge in [0.2, 0.25) is 0 Å². The van der Waals surface area contributed by atoms with Gasteiger partial charge < -0.3 is 5.32 Å². The Hall–Kier alpha value is -0.840. The summed E-state index contributed by atoms with van der Waals surface area (Å²) in [5.41, 5.74) is 1.10. The summed E-state index contributed by atoms with van der Waals surface area (Å²) >= 11 is 13.0. The Morgan fingerprint density at radius 2 is 2.18 bits per heavy atom. The normalized spacial score (nSPS) is 10.6. The summed E-state index contributed by atoms with van der Waals surface area (Å²) in [6.45, 7) is 2.23. The van der Waals surface area contributed by atoms with Crippen LogP contribution in [0.2, 0.25) is 9.49 Å². The summed E-state index contributed by atoms with van der Waals surface area (Å²) in [7, 11) is 0. The van der Waals surface area contributed by atoms with Gasteiger partial charge in [0.05, 0.1) is 12.2 Å². The molecule has 17 heavy (non-hydrogen) atoms. The first-order valence-corrected chi connectivity index (χ1v) is 6.43. The Morgan fingerprint density at radius 3 is 2.82 bits per heavy atom. The molecule has 1 heterocycles. The lowest BCUT2D eigenvalue weighted by Gasteiger charge is -2.08. The van der Waals surface area contributed by atoms with Gasteiger partial charge in [-0.25, -0.2) is 9.37 Å². The lowest BCUT2D eigenvalue weighted by atomic mass is 10.2. The maximum atomic E-state index is 13.6. The molecule has 1 aromatic heterocycles. The van der Waals surface area contributed by atoms with Crippen LogP contribution >= 0.6 is 34.5 Å². The summed E-state index contributed by atoms with van der Waals surface area (Å²) in [5.74, 6) is -0.317. The number of hydrogen-bond acceptors (Lipinski definition) is 3. The quantitative estimate of drug-likeness (QED) is 0.900. The molecule has 0 aliphatic rings. The maximum Gasteiger partial charge on any atom is 0.183 e. The number of halogens is 3. The highest BCUT2D eigenvalue weighted by atomic mass is 35.5. The van der Waals surface area contributed by atoms with E-state index in [0.717, 1.165) is 10.4 Å². The number of aryl methyl sites for hydroxylation is 1. The first-order chi connectivity index (χ1) is 8.06. The van der Waals surface area contributed by atoms with Crippen molar-refractivity contribution in [2.24, 2.45) is 0 Å². The van der Waals surface area contributed by atoms with Crippen LogP contribution in [0.1, 0.15) is 10.4 Å². The molecule has 0 unspecified atom stereocenters. The van der Waals surface area contributed by atoms with Crippen molar-refractivity contribution in [1.29, 1.82) is 0 Å². The molecule has 0 spiro atoms. The number of anilines is 1. The molecule has 0 atom stereocenters. The summed E-state index contributed by atoms with van der Waals surface area (Å²) in [6.07, 6.45) is 1.66. The second-order valence-corrected chi connectivity index (χ2v) is 5.62. The summed E-state index contributed by atoms with van der Waals surface area (Å²) in [4.78, 5) is 4.84. The van der Waals surface area contributed by atoms with Gasteiger partial charge >= 0.3 is 0 Å². The Morgan fingerprint density at radius 1 is 1.41 bits per heavy atom. The van der Waals surface area contributed by atoms with E-state index < -0.39 is 0 Å². The number of aromatic nitrogens is 1. The van der Waals surface area contributed by atoms with Gasteiger partial charge in [0, 0.05) is 16.1 Å². The van der Waals surface area contributed by atoms with Crippen LogP contribution in [-0.2, 0) is 6.54 Å². The highest BCUT2D eigenvalue weighted by Crippen LogP contribution is 2.25. The van der Waals surface area contributed by atoms with Gasteiger partial charge in [-0.1, -0.05) is 23.2 Å². The first-order valence-electron chi connectivity index (χ1n) is 4.86. The largest absolute Gasteiger partial charge is 0.378 e. The molecule has 2 rings (SSSR count). The molecular formula is C11H9Cl2FN2S. The molecule has 0 aliphatic heterocycles. The molecule has 0 saturated heterocycles. The van der Waals surface area contributed by atoms with Gasteiger partial charge in [-0.05, 0) is 24.6 Å². The fourth-order valence-corrected chi connectivity index (χ4v) is 2.41. The molecule has 0 fully saturated rings. The number of hydrogen-bond donors (Lipinski definition) is 1. The average molecular weight is 291 g/mol. The molecule has 2 aromatic rings. The van der Waals surface area contributed by atoms with Crippen molar-refractivity contribution in [3.05, 3.63) is 44.1 Å². The topological polar surface area (TPSA) is 24.9 Å². The van der Waals surface area contributed by atoms with E-state index in [1.165, 1.54) is 17.4 Å². The zero-order chi connectivity index (χ0) is 12.4. The van der Waals surface area contributed by atoms with E-state index in [-0.39, 0.29) is 5.82 Å². The monoisotopic (exact) mass is 290 g/mol. The van der Waals surface area contributed by atoms with Gasteiger partial charge in [0.25, 0.3) is 0 Å². The van der Waals surface area contributed by atoms with Crippen molar-refractivity contribution in [3.8, 4) is 0 Å². The fourth-order valence-electron chi connectivity index (χ4n) is 1.33. The highest BCUT2D eigenvalue weighted by Gasteiger charge is 2.06. The predicted molar refractivity (Wildman–Crippen MR) is 70.6 cm³/mol. The van der Waals surface area contributed by atoms with Crippen LogP contribution in [0, 0.1) is 12.7 Å². The average Bonchev–Trinajstić information content (AvgIpc) is 2.68. The van der Waals surface area contributed by atoms with Crippen molar-refractivity contribution >= 4 is 40.2 Å². The van der Waals surface area contributed by atoms with E-state index in [2.05, 4.69) is 10.3 Å². The van der Waals surface area contributed by atoms with E-state index in [1.54, 1.807) is 19.2 Å². The molecule has 2 nitrogen and oxygen atoms in total. The molecule has 0 amide bonds. The third kappa shape index (κ3) is 3.09. The molecular weight excluding hydrogens is 282 g/mol. The summed E-state index contributed by atoms with van der Waals surface area (Å²) in [6, 6.07) is 2.99. The fraction of sp³-hybridized carbons (Fsp3) is 0.182. The standard InChI is InChI=1S/C11H9Cl2FN2S/c1-6-2-9(14)10(3-8(6)12)15-4-7-5-16-11(13)17-7/h2-3,5,15H,4H2,1H3. The van der Waals surface area contributed by atoms with Crippen molar-refractivity contribution in [2.75, 3.05) is 5.32 Å². The molecule has 1 aromatic carbocycles. The van der Waals surface area contributed by atoms with Crippen molar-refractivity contribution in [3.63, 3.8) is 0 Å². The van der Waals surface area contributed by atoms with Crippen molar-refractivity contribution < 1.29 is 4.39 Å². The Bertz CT molecular complexity index is 542.